The second-order valence-electron chi connectivity index (χ2n) is 3.95. The summed E-state index contributed by atoms with van der Waals surface area (Å²) in [5.41, 5.74) is 1.12. The van der Waals surface area contributed by atoms with Gasteiger partial charge < -0.3 is 5.32 Å². The first kappa shape index (κ1) is 10.1. The number of halogens is 2. The zero-order chi connectivity index (χ0) is 10.1. The van der Waals surface area contributed by atoms with Crippen LogP contribution in [0.5, 0.6) is 0 Å². The minimum Gasteiger partial charge on any atom is -0.310 e. The first-order valence-electron chi connectivity index (χ1n) is 4.84. The van der Waals surface area contributed by atoms with Crippen molar-refractivity contribution in [3.05, 3.63) is 34.1 Å². The Balaban J connectivity index is 1.92. The standard InChI is InChI=1S/C11H13BrFN/c1-7-4-11(7)14-6-8-2-3-10(13)9(12)5-8/h2-3,5,7,11,14H,4,6H2,1H3. The van der Waals surface area contributed by atoms with E-state index in [0.717, 1.165) is 18.0 Å². The van der Waals surface area contributed by atoms with Gasteiger partial charge in [0.2, 0.25) is 0 Å². The van der Waals surface area contributed by atoms with Gasteiger partial charge in [0.05, 0.1) is 4.47 Å². The van der Waals surface area contributed by atoms with Gasteiger partial charge in [-0.05, 0) is 46.0 Å². The summed E-state index contributed by atoms with van der Waals surface area (Å²) >= 11 is 3.18. The van der Waals surface area contributed by atoms with E-state index in [2.05, 4.69) is 28.2 Å². The Hall–Kier alpha value is -0.410. The third kappa shape index (κ3) is 2.34. The second-order valence-corrected chi connectivity index (χ2v) is 4.80. The molecule has 0 amide bonds. The minimum absolute atomic E-state index is 0.200. The molecule has 1 nitrogen and oxygen atoms in total. The van der Waals surface area contributed by atoms with Gasteiger partial charge in [0, 0.05) is 12.6 Å². The van der Waals surface area contributed by atoms with E-state index in [0.29, 0.717) is 10.5 Å². The number of hydrogen-bond acceptors (Lipinski definition) is 1. The molecule has 1 aromatic rings. The summed E-state index contributed by atoms with van der Waals surface area (Å²) in [5, 5.41) is 3.43. The molecule has 76 valence electrons. The van der Waals surface area contributed by atoms with Crippen LogP contribution in [0.15, 0.2) is 22.7 Å². The van der Waals surface area contributed by atoms with Crippen LogP contribution in [0.2, 0.25) is 0 Å². The highest BCUT2D eigenvalue weighted by Gasteiger charge is 2.31. The van der Waals surface area contributed by atoms with Crippen molar-refractivity contribution >= 4 is 15.9 Å². The van der Waals surface area contributed by atoms with Crippen LogP contribution in [-0.4, -0.2) is 6.04 Å². The summed E-state index contributed by atoms with van der Waals surface area (Å²) in [6, 6.07) is 5.81. The highest BCUT2D eigenvalue weighted by atomic mass is 79.9. The van der Waals surface area contributed by atoms with Crippen LogP contribution in [0, 0.1) is 11.7 Å². The van der Waals surface area contributed by atoms with Gasteiger partial charge in [0.15, 0.2) is 0 Å². The zero-order valence-electron chi connectivity index (χ0n) is 8.06. The van der Waals surface area contributed by atoms with Gasteiger partial charge in [-0.2, -0.15) is 0 Å². The largest absolute Gasteiger partial charge is 0.310 e. The zero-order valence-corrected chi connectivity index (χ0v) is 9.64. The molecule has 1 saturated carbocycles. The van der Waals surface area contributed by atoms with Crippen LogP contribution < -0.4 is 5.32 Å². The number of nitrogens with one attached hydrogen (secondary N) is 1. The monoisotopic (exact) mass is 257 g/mol. The fraction of sp³-hybridized carbons (Fsp3) is 0.455. The Morgan fingerprint density at radius 3 is 2.86 bits per heavy atom. The quantitative estimate of drug-likeness (QED) is 0.878. The van der Waals surface area contributed by atoms with Crippen LogP contribution in [0.1, 0.15) is 18.9 Å². The Bertz CT molecular complexity index is 340. The van der Waals surface area contributed by atoms with Gasteiger partial charge in [-0.1, -0.05) is 13.0 Å². The van der Waals surface area contributed by atoms with Crippen molar-refractivity contribution in [3.63, 3.8) is 0 Å². The smallest absolute Gasteiger partial charge is 0.137 e. The lowest BCUT2D eigenvalue weighted by atomic mass is 10.2. The Labute approximate surface area is 91.8 Å². The molecule has 1 aliphatic carbocycles. The van der Waals surface area contributed by atoms with E-state index in [1.54, 1.807) is 0 Å². The van der Waals surface area contributed by atoms with E-state index >= 15 is 0 Å². The van der Waals surface area contributed by atoms with Gasteiger partial charge in [-0.25, -0.2) is 4.39 Å². The van der Waals surface area contributed by atoms with Crippen molar-refractivity contribution in [1.82, 2.24) is 5.32 Å². The molecule has 0 saturated heterocycles. The summed E-state index contributed by atoms with van der Waals surface area (Å²) in [6.45, 7) is 3.06. The van der Waals surface area contributed by atoms with Gasteiger partial charge in [-0.15, -0.1) is 0 Å². The number of hydrogen-bond donors (Lipinski definition) is 1. The molecule has 1 N–H and O–H groups in total. The molecule has 2 atom stereocenters. The number of rotatable bonds is 3. The second kappa shape index (κ2) is 3.99. The Morgan fingerprint density at radius 1 is 1.57 bits per heavy atom. The molecule has 1 fully saturated rings. The maximum Gasteiger partial charge on any atom is 0.137 e. The summed E-state index contributed by atoms with van der Waals surface area (Å²) in [7, 11) is 0. The van der Waals surface area contributed by atoms with Crippen molar-refractivity contribution in [2.45, 2.75) is 25.9 Å². The first-order chi connectivity index (χ1) is 6.66. The summed E-state index contributed by atoms with van der Waals surface area (Å²) < 4.78 is 13.4. The van der Waals surface area contributed by atoms with Crippen molar-refractivity contribution in [1.29, 1.82) is 0 Å². The molecule has 0 aliphatic heterocycles. The third-order valence-electron chi connectivity index (χ3n) is 2.66. The maximum atomic E-state index is 12.9. The van der Waals surface area contributed by atoms with Crippen LogP contribution in [0.4, 0.5) is 4.39 Å². The fourth-order valence-corrected chi connectivity index (χ4v) is 1.93. The van der Waals surface area contributed by atoms with Crippen LogP contribution in [0.25, 0.3) is 0 Å². The third-order valence-corrected chi connectivity index (χ3v) is 3.27. The van der Waals surface area contributed by atoms with Gasteiger partial charge in [0.25, 0.3) is 0 Å². The number of benzene rings is 1. The summed E-state index contributed by atoms with van der Waals surface area (Å²) in [5.74, 6) is 0.604. The summed E-state index contributed by atoms with van der Waals surface area (Å²) in [6.07, 6.45) is 1.27. The van der Waals surface area contributed by atoms with E-state index in [-0.39, 0.29) is 5.82 Å². The molecule has 2 unspecified atom stereocenters. The van der Waals surface area contributed by atoms with Gasteiger partial charge in [0.1, 0.15) is 5.82 Å². The molecule has 0 radical (unpaired) electrons. The lowest BCUT2D eigenvalue weighted by Gasteiger charge is -2.04. The van der Waals surface area contributed by atoms with Crippen LogP contribution >= 0.6 is 15.9 Å². The average molecular weight is 258 g/mol. The minimum atomic E-state index is -0.200. The van der Waals surface area contributed by atoms with Crippen LogP contribution in [-0.2, 0) is 6.54 Å². The lowest BCUT2D eigenvalue weighted by molar-refractivity contribution is 0.616. The predicted octanol–water partition coefficient (Wildman–Crippen LogP) is 3.09. The highest BCUT2D eigenvalue weighted by molar-refractivity contribution is 9.10. The van der Waals surface area contributed by atoms with E-state index < -0.39 is 0 Å². The molecular weight excluding hydrogens is 245 g/mol. The SMILES string of the molecule is CC1CC1NCc1ccc(F)c(Br)c1. The Morgan fingerprint density at radius 2 is 2.29 bits per heavy atom. The van der Waals surface area contributed by atoms with E-state index in [1.165, 1.54) is 12.5 Å². The van der Waals surface area contributed by atoms with E-state index in [9.17, 15) is 4.39 Å². The Kier molecular flexibility index (Phi) is 2.88. The average Bonchev–Trinajstić information content (AvgIpc) is 2.85. The molecule has 1 aromatic carbocycles. The molecule has 3 heteroatoms. The molecule has 0 bridgehead atoms. The van der Waals surface area contributed by atoms with E-state index in [1.807, 2.05) is 12.1 Å². The highest BCUT2D eigenvalue weighted by Crippen LogP contribution is 2.29. The molecule has 2 rings (SSSR count). The van der Waals surface area contributed by atoms with Crippen LogP contribution in [0.3, 0.4) is 0 Å². The molecule has 1 aliphatic rings. The molecule has 0 heterocycles. The van der Waals surface area contributed by atoms with Crippen molar-refractivity contribution in [2.75, 3.05) is 0 Å². The topological polar surface area (TPSA) is 12.0 Å². The molecular formula is C11H13BrFN. The molecule has 0 spiro atoms. The normalized spacial score (nSPS) is 25.1. The lowest BCUT2D eigenvalue weighted by Crippen LogP contribution is -2.16. The first-order valence-corrected chi connectivity index (χ1v) is 5.63. The predicted molar refractivity (Wildman–Crippen MR) is 58.5 cm³/mol. The van der Waals surface area contributed by atoms with Gasteiger partial charge >= 0.3 is 0 Å². The molecule has 0 aromatic heterocycles. The van der Waals surface area contributed by atoms with Crippen molar-refractivity contribution in [3.8, 4) is 0 Å². The maximum absolute atomic E-state index is 12.9. The summed E-state index contributed by atoms with van der Waals surface area (Å²) in [4.78, 5) is 0. The molecule has 14 heavy (non-hydrogen) atoms. The van der Waals surface area contributed by atoms with Crippen molar-refractivity contribution < 1.29 is 4.39 Å². The van der Waals surface area contributed by atoms with Crippen molar-refractivity contribution in [2.24, 2.45) is 5.92 Å². The van der Waals surface area contributed by atoms with E-state index in [4.69, 9.17) is 0 Å². The van der Waals surface area contributed by atoms with Gasteiger partial charge in [-0.3, -0.25) is 0 Å². The fourth-order valence-electron chi connectivity index (χ4n) is 1.51.